The molecule has 2 aromatic rings. The molecular weight excluding hydrogens is 384 g/mol. The van der Waals surface area contributed by atoms with Crippen molar-refractivity contribution < 1.29 is 9.90 Å². The van der Waals surface area contributed by atoms with Crippen molar-refractivity contribution in [3.8, 4) is 0 Å². The van der Waals surface area contributed by atoms with E-state index >= 15 is 0 Å². The lowest BCUT2D eigenvalue weighted by Crippen LogP contribution is -2.31. The monoisotopic (exact) mass is 410 g/mol. The third-order valence-electron chi connectivity index (χ3n) is 6.05. The molecule has 0 saturated heterocycles. The highest BCUT2D eigenvalue weighted by Crippen LogP contribution is 2.49. The van der Waals surface area contributed by atoms with Crippen molar-refractivity contribution in [2.45, 2.75) is 51.1 Å². The number of carboxylic acid groups (broad SMARTS) is 1. The van der Waals surface area contributed by atoms with Gasteiger partial charge < -0.3 is 10.0 Å². The molecule has 1 fully saturated rings. The third-order valence-corrected chi connectivity index (χ3v) is 7.04. The van der Waals surface area contributed by atoms with Gasteiger partial charge in [0.15, 0.2) is 0 Å². The number of fused-ring (bicyclic) bond motifs is 3. The Balaban J connectivity index is 1.58. The number of allylic oxidation sites excluding steroid dienone is 1. The van der Waals surface area contributed by atoms with Crippen LogP contribution in [0.3, 0.4) is 0 Å². The van der Waals surface area contributed by atoms with Crippen LogP contribution in [-0.2, 0) is 11.3 Å². The maximum Gasteiger partial charge on any atom is 0.305 e. The summed E-state index contributed by atoms with van der Waals surface area (Å²) in [5.41, 5.74) is 3.81. The number of nitrogens with zero attached hydrogens (tertiary/aromatic N) is 2. The topological polar surface area (TPSA) is 62.5 Å². The molecule has 2 heterocycles. The number of rotatable bonds is 6. The molecule has 0 bridgehead atoms. The molecule has 2 aliphatic rings. The van der Waals surface area contributed by atoms with Gasteiger partial charge in [-0.1, -0.05) is 31.2 Å². The normalized spacial score (nSPS) is 21.1. The zero-order valence-electron chi connectivity index (χ0n) is 16.6. The molecular formula is C23H26N2O3S. The summed E-state index contributed by atoms with van der Waals surface area (Å²) in [5, 5.41) is 8.83. The van der Waals surface area contributed by atoms with Crippen LogP contribution in [0.2, 0.25) is 0 Å². The minimum atomic E-state index is -0.921. The standard InChI is InChI=1S/C23H26N2O3S/c1-3-24-19-8-5-7-17(19)18-14-16(10-11-20(18)24)6-4-9-21-23(28)25(15(2)29-21)13-12-22(26)27/h4,6,9-11,14,17,19H,2-3,5,7-8,12-13H2,1H3,(H,26,27)/b6-4+,21-9+. The number of hydrogen-bond acceptors (Lipinski definition) is 4. The van der Waals surface area contributed by atoms with E-state index in [4.69, 9.17) is 5.11 Å². The Morgan fingerprint density at radius 2 is 2.21 bits per heavy atom. The van der Waals surface area contributed by atoms with E-state index in [1.54, 1.807) is 6.08 Å². The van der Waals surface area contributed by atoms with Crippen molar-refractivity contribution in [3.05, 3.63) is 55.0 Å². The van der Waals surface area contributed by atoms with Crippen LogP contribution < -0.4 is 19.7 Å². The minimum Gasteiger partial charge on any atom is -0.481 e. The molecule has 0 amide bonds. The number of aromatic nitrogens is 1. The number of likely N-dealkylation sites (N-methyl/N-ethyl adjacent to an activating group) is 1. The van der Waals surface area contributed by atoms with E-state index < -0.39 is 5.97 Å². The Hall–Kier alpha value is -2.60. The largest absolute Gasteiger partial charge is 0.481 e. The first kappa shape index (κ1) is 19.7. The molecule has 1 saturated carbocycles. The van der Waals surface area contributed by atoms with Crippen molar-refractivity contribution in [1.82, 2.24) is 4.57 Å². The summed E-state index contributed by atoms with van der Waals surface area (Å²) in [7, 11) is 0. The molecule has 1 aromatic carbocycles. The Kier molecular flexibility index (Phi) is 5.46. The number of carbonyl (C=O) groups is 1. The molecule has 2 atom stereocenters. The number of carboxylic acids is 1. The molecule has 0 spiro atoms. The van der Waals surface area contributed by atoms with Crippen molar-refractivity contribution >= 4 is 41.7 Å². The lowest BCUT2D eigenvalue weighted by atomic mass is 9.96. The summed E-state index contributed by atoms with van der Waals surface area (Å²) < 4.78 is 2.60. The van der Waals surface area contributed by atoms with Crippen molar-refractivity contribution in [2.24, 2.45) is 0 Å². The Morgan fingerprint density at radius 3 is 2.97 bits per heavy atom. The van der Waals surface area contributed by atoms with Gasteiger partial charge >= 0.3 is 5.97 Å². The van der Waals surface area contributed by atoms with Crippen LogP contribution >= 0.6 is 11.3 Å². The predicted molar refractivity (Wildman–Crippen MR) is 119 cm³/mol. The molecule has 29 heavy (non-hydrogen) atoms. The van der Waals surface area contributed by atoms with Gasteiger partial charge in [-0.15, -0.1) is 11.3 Å². The van der Waals surface area contributed by atoms with E-state index in [0.29, 0.717) is 21.2 Å². The van der Waals surface area contributed by atoms with Crippen LogP contribution in [0.25, 0.3) is 18.7 Å². The highest BCUT2D eigenvalue weighted by Gasteiger charge is 2.40. The highest BCUT2D eigenvalue weighted by molar-refractivity contribution is 7.07. The molecule has 1 aromatic heterocycles. The average molecular weight is 411 g/mol. The Labute approximate surface area is 173 Å². The van der Waals surface area contributed by atoms with Crippen LogP contribution in [0.4, 0.5) is 5.69 Å². The van der Waals surface area contributed by atoms with E-state index in [9.17, 15) is 9.59 Å². The molecule has 152 valence electrons. The first-order valence-electron chi connectivity index (χ1n) is 10.2. The Bertz CT molecular complexity index is 1130. The third kappa shape index (κ3) is 3.69. The number of benzene rings is 1. The van der Waals surface area contributed by atoms with Gasteiger partial charge in [-0.3, -0.25) is 14.2 Å². The van der Waals surface area contributed by atoms with Gasteiger partial charge in [-0.2, -0.15) is 0 Å². The molecule has 5 nitrogen and oxygen atoms in total. The maximum atomic E-state index is 12.5. The molecule has 1 N–H and O–H groups in total. The zero-order chi connectivity index (χ0) is 20.5. The maximum absolute atomic E-state index is 12.5. The second kappa shape index (κ2) is 8.03. The first-order chi connectivity index (χ1) is 14.0. The molecule has 1 aliphatic heterocycles. The van der Waals surface area contributed by atoms with Gasteiger partial charge in [0.1, 0.15) is 0 Å². The van der Waals surface area contributed by atoms with Gasteiger partial charge in [0.25, 0.3) is 5.56 Å². The number of anilines is 1. The quantitative estimate of drug-likeness (QED) is 0.796. The fourth-order valence-electron chi connectivity index (χ4n) is 4.75. The van der Waals surface area contributed by atoms with E-state index in [0.717, 1.165) is 12.1 Å². The summed E-state index contributed by atoms with van der Waals surface area (Å²) in [4.78, 5) is 25.8. The summed E-state index contributed by atoms with van der Waals surface area (Å²) in [5.74, 6) is -0.273. The number of aliphatic carboxylic acids is 1. The van der Waals surface area contributed by atoms with Crippen LogP contribution in [0.5, 0.6) is 0 Å². The van der Waals surface area contributed by atoms with Crippen LogP contribution in [0.15, 0.2) is 29.1 Å². The smallest absolute Gasteiger partial charge is 0.305 e. The fraction of sp³-hybridized carbons (Fsp3) is 0.391. The van der Waals surface area contributed by atoms with E-state index in [2.05, 4.69) is 36.6 Å². The fourth-order valence-corrected chi connectivity index (χ4v) is 5.63. The molecule has 2 unspecified atom stereocenters. The van der Waals surface area contributed by atoms with Gasteiger partial charge in [-0.25, -0.2) is 0 Å². The van der Waals surface area contributed by atoms with Crippen LogP contribution in [0, 0.1) is 0 Å². The first-order valence-corrected chi connectivity index (χ1v) is 11.0. The molecule has 0 radical (unpaired) electrons. The van der Waals surface area contributed by atoms with Gasteiger partial charge in [-0.05, 0) is 49.1 Å². The zero-order valence-corrected chi connectivity index (χ0v) is 17.5. The Morgan fingerprint density at radius 1 is 1.38 bits per heavy atom. The van der Waals surface area contributed by atoms with Gasteiger partial charge in [0, 0.05) is 30.7 Å². The number of hydrogen-bond donors (Lipinski definition) is 1. The van der Waals surface area contributed by atoms with Crippen molar-refractivity contribution in [1.29, 1.82) is 0 Å². The van der Waals surface area contributed by atoms with Gasteiger partial charge in [0.2, 0.25) is 0 Å². The van der Waals surface area contributed by atoms with Crippen LogP contribution in [0.1, 0.15) is 49.7 Å². The van der Waals surface area contributed by atoms with E-state index in [1.165, 1.54) is 46.4 Å². The van der Waals surface area contributed by atoms with Crippen molar-refractivity contribution in [3.63, 3.8) is 0 Å². The lowest BCUT2D eigenvalue weighted by molar-refractivity contribution is -0.137. The van der Waals surface area contributed by atoms with E-state index in [1.807, 2.05) is 12.2 Å². The second-order valence-electron chi connectivity index (χ2n) is 7.70. The SMILES string of the molecule is C=c1s/c(=C/C=C/c2ccc3c(c2)C2CCCC2N3CC)c(=O)n1CCC(=O)O. The van der Waals surface area contributed by atoms with E-state index in [-0.39, 0.29) is 18.5 Å². The van der Waals surface area contributed by atoms with Crippen LogP contribution in [-0.4, -0.2) is 28.2 Å². The van der Waals surface area contributed by atoms with Gasteiger partial charge in [0.05, 0.1) is 15.6 Å². The summed E-state index contributed by atoms with van der Waals surface area (Å²) in [6.07, 6.45) is 9.50. The predicted octanol–water partition coefficient (Wildman–Crippen LogP) is 2.76. The molecule has 4 rings (SSSR count). The molecule has 6 heteroatoms. The highest BCUT2D eigenvalue weighted by atomic mass is 32.1. The molecule has 1 aliphatic carbocycles. The lowest BCUT2D eigenvalue weighted by Gasteiger charge is -2.25. The summed E-state index contributed by atoms with van der Waals surface area (Å²) in [6.45, 7) is 7.31. The summed E-state index contributed by atoms with van der Waals surface area (Å²) >= 11 is 1.30. The summed E-state index contributed by atoms with van der Waals surface area (Å²) in [6, 6.07) is 7.32. The second-order valence-corrected chi connectivity index (χ2v) is 8.81. The van der Waals surface area contributed by atoms with Crippen molar-refractivity contribution in [2.75, 3.05) is 11.4 Å². The minimum absolute atomic E-state index is 0.0828. The average Bonchev–Trinajstić information content (AvgIpc) is 3.34. The number of thiazole rings is 1.